The molecule has 2 atom stereocenters. The molecule has 0 amide bonds. The Balaban J connectivity index is 0. The highest BCUT2D eigenvalue weighted by molar-refractivity contribution is 7.09. The minimum atomic E-state index is -1.07. The molecule has 0 aliphatic heterocycles. The van der Waals surface area contributed by atoms with E-state index >= 15 is 0 Å². The van der Waals surface area contributed by atoms with Crippen LogP contribution < -0.4 is 9.47 Å². The summed E-state index contributed by atoms with van der Waals surface area (Å²) in [6.07, 6.45) is 1.40. The van der Waals surface area contributed by atoms with Crippen molar-refractivity contribution in [2.24, 2.45) is 0 Å². The van der Waals surface area contributed by atoms with Crippen molar-refractivity contribution >= 4 is 27.8 Å². The number of hydrogen-bond donors (Lipinski definition) is 0. The molecule has 0 saturated heterocycles. The Bertz CT molecular complexity index is 939. The minimum absolute atomic E-state index is 0.0456. The van der Waals surface area contributed by atoms with Gasteiger partial charge in [0.25, 0.3) is 0 Å². The quantitative estimate of drug-likeness (QED) is 0.283. The van der Waals surface area contributed by atoms with Crippen LogP contribution in [-0.2, 0) is 10.1 Å². The molecule has 7 nitrogen and oxygen atoms in total. The zero-order valence-electron chi connectivity index (χ0n) is 20.6. The Kier molecular flexibility index (Phi) is 17.0. The first kappa shape index (κ1) is 32.1. The average Bonchev–Trinajstić information content (AvgIpc) is 2.89. The summed E-state index contributed by atoms with van der Waals surface area (Å²) in [7, 11) is 5.00. The number of ether oxygens (including phenoxy) is 2. The van der Waals surface area contributed by atoms with Crippen molar-refractivity contribution in [3.8, 4) is 17.6 Å². The Morgan fingerprint density at radius 3 is 1.76 bits per heavy atom. The predicted molar refractivity (Wildman–Crippen MR) is 133 cm³/mol. The number of aldehydes is 2. The molecular weight excluding hydrogens is 441 g/mol. The Hall–Kier alpha value is -3.07. The van der Waals surface area contributed by atoms with Crippen LogP contribution in [0.4, 0.5) is 0 Å². The van der Waals surface area contributed by atoms with Crippen molar-refractivity contribution in [2.75, 3.05) is 14.2 Å². The van der Waals surface area contributed by atoms with Gasteiger partial charge in [0.2, 0.25) is 0 Å². The van der Waals surface area contributed by atoms with Gasteiger partial charge in [-0.25, -0.2) is 0 Å². The first-order valence-electron chi connectivity index (χ1n) is 10.4. The highest BCUT2D eigenvalue weighted by atomic mass is 31.0. The van der Waals surface area contributed by atoms with Crippen LogP contribution in [0, 0.1) is 11.3 Å². The van der Waals surface area contributed by atoms with Crippen LogP contribution in [0.2, 0.25) is 0 Å². The Labute approximate surface area is 199 Å². The normalized spacial score (nSPS) is 10.7. The second-order valence-corrected chi connectivity index (χ2v) is 6.20. The summed E-state index contributed by atoms with van der Waals surface area (Å²) in [4.78, 5) is 32.2. The van der Waals surface area contributed by atoms with Crippen LogP contribution in [0.3, 0.4) is 0 Å². The molecule has 0 aromatic heterocycles. The lowest BCUT2D eigenvalue weighted by atomic mass is 9.96. The summed E-state index contributed by atoms with van der Waals surface area (Å²) in [5, 5.41) is 9.03. The molecule has 0 fully saturated rings. The first-order valence-corrected chi connectivity index (χ1v) is 10.8. The summed E-state index contributed by atoms with van der Waals surface area (Å²) < 4.78 is 15.1. The van der Waals surface area contributed by atoms with E-state index in [0.717, 1.165) is 0 Å². The molecule has 0 radical (unpaired) electrons. The monoisotopic (exact) mass is 475 g/mol. The van der Waals surface area contributed by atoms with Gasteiger partial charge in [0.15, 0.2) is 24.0 Å². The van der Waals surface area contributed by atoms with Crippen LogP contribution in [0.1, 0.15) is 78.2 Å². The molecule has 2 aromatic carbocycles. The zero-order valence-corrected chi connectivity index (χ0v) is 21.7. The standard InChI is InChI=1S/C11H12NO3P.C10H10O3.2C2H6/c1-11(7-12,15-16)9-4-3-8(6-13)10(5-9)14-2;1-7(12)8-3-4-9(6-11)10(5-8)13-2;2*1-2/h3-6H,16H2,1-2H3;3-6H,1-2H3;2*1-2H3. The number of hydrogen-bond acceptors (Lipinski definition) is 7. The smallest absolute Gasteiger partial charge is 0.180 e. The van der Waals surface area contributed by atoms with Crippen LogP contribution >= 0.6 is 9.47 Å². The maximum atomic E-state index is 11.0. The summed E-state index contributed by atoms with van der Waals surface area (Å²) >= 11 is 0. The lowest BCUT2D eigenvalue weighted by molar-refractivity contribution is 0.101. The molecule has 2 unspecified atom stereocenters. The van der Waals surface area contributed by atoms with Crippen molar-refractivity contribution in [3.05, 3.63) is 58.7 Å². The fraction of sp³-hybridized carbons (Fsp3) is 0.360. The number of ketones is 1. The van der Waals surface area contributed by atoms with Crippen LogP contribution in [0.15, 0.2) is 36.4 Å². The number of benzene rings is 2. The zero-order chi connectivity index (χ0) is 26.0. The maximum absolute atomic E-state index is 11.0. The first-order chi connectivity index (χ1) is 15.8. The van der Waals surface area contributed by atoms with Crippen molar-refractivity contribution in [2.45, 2.75) is 47.1 Å². The van der Waals surface area contributed by atoms with Gasteiger partial charge in [0, 0.05) is 20.6 Å². The number of rotatable bonds is 7. The van der Waals surface area contributed by atoms with Gasteiger partial charge in [-0.1, -0.05) is 39.8 Å². The highest BCUT2D eigenvalue weighted by Crippen LogP contribution is 2.30. The van der Waals surface area contributed by atoms with Gasteiger partial charge < -0.3 is 14.0 Å². The van der Waals surface area contributed by atoms with Gasteiger partial charge in [-0.3, -0.25) is 14.4 Å². The lowest BCUT2D eigenvalue weighted by Crippen LogP contribution is -2.19. The van der Waals surface area contributed by atoms with Crippen LogP contribution in [0.5, 0.6) is 11.5 Å². The fourth-order valence-electron chi connectivity index (χ4n) is 2.29. The Morgan fingerprint density at radius 2 is 1.39 bits per heavy atom. The van der Waals surface area contributed by atoms with Crippen LogP contribution in [-0.4, -0.2) is 32.6 Å². The summed E-state index contributed by atoms with van der Waals surface area (Å²) in [6, 6.07) is 11.7. The van der Waals surface area contributed by atoms with E-state index in [1.165, 1.54) is 21.1 Å². The summed E-state index contributed by atoms with van der Waals surface area (Å²) in [5.74, 6) is 0.814. The third-order valence-electron chi connectivity index (χ3n) is 4.13. The van der Waals surface area contributed by atoms with E-state index in [1.807, 2.05) is 33.8 Å². The molecule has 2 aromatic rings. The molecule has 0 N–H and O–H groups in total. The number of nitriles is 1. The van der Waals surface area contributed by atoms with Gasteiger partial charge in [-0.15, -0.1) is 0 Å². The van der Waals surface area contributed by atoms with Gasteiger partial charge >= 0.3 is 0 Å². The maximum Gasteiger partial charge on any atom is 0.180 e. The van der Waals surface area contributed by atoms with Crippen molar-refractivity contribution in [1.29, 1.82) is 5.26 Å². The number of nitrogens with zero attached hydrogens (tertiary/aromatic N) is 1. The molecular formula is C25H34NO6P. The van der Waals surface area contributed by atoms with Crippen molar-refractivity contribution < 1.29 is 28.4 Å². The second kappa shape index (κ2) is 17.5. The van der Waals surface area contributed by atoms with Gasteiger partial charge in [0.1, 0.15) is 17.6 Å². The van der Waals surface area contributed by atoms with Gasteiger partial charge in [0.05, 0.1) is 25.3 Å². The summed E-state index contributed by atoms with van der Waals surface area (Å²) in [6.45, 7) is 11.1. The van der Waals surface area contributed by atoms with E-state index in [1.54, 1.807) is 43.3 Å². The van der Waals surface area contributed by atoms with E-state index in [4.69, 9.17) is 19.3 Å². The predicted octanol–water partition coefficient (Wildman–Crippen LogP) is 5.82. The van der Waals surface area contributed by atoms with E-state index in [2.05, 4.69) is 9.47 Å². The average molecular weight is 476 g/mol. The number of Topliss-reactive ketones (excluding diaryl/α,β-unsaturated/α-hetero) is 1. The van der Waals surface area contributed by atoms with Crippen molar-refractivity contribution in [1.82, 2.24) is 0 Å². The van der Waals surface area contributed by atoms with Crippen molar-refractivity contribution in [3.63, 3.8) is 0 Å². The van der Waals surface area contributed by atoms with E-state index in [9.17, 15) is 14.4 Å². The second-order valence-electron chi connectivity index (χ2n) is 5.97. The molecule has 0 spiro atoms. The lowest BCUT2D eigenvalue weighted by Gasteiger charge is -2.20. The van der Waals surface area contributed by atoms with E-state index in [0.29, 0.717) is 46.3 Å². The summed E-state index contributed by atoms with van der Waals surface area (Å²) in [5.41, 5.74) is 0.997. The number of carbonyl (C=O) groups is 3. The molecule has 0 bridgehead atoms. The third kappa shape index (κ3) is 9.53. The molecule has 180 valence electrons. The molecule has 33 heavy (non-hydrogen) atoms. The van der Waals surface area contributed by atoms with Gasteiger partial charge in [-0.05, 0) is 38.1 Å². The third-order valence-corrected chi connectivity index (χ3v) is 4.60. The molecule has 2 rings (SSSR count). The van der Waals surface area contributed by atoms with E-state index < -0.39 is 5.60 Å². The molecule has 8 heteroatoms. The number of methoxy groups -OCH3 is 2. The SMILES string of the molecule is CC.CC.COc1cc(C(C)(C#N)OP)ccc1C=O.COc1cc(C(C)=O)ccc1C=O. The van der Waals surface area contributed by atoms with Gasteiger partial charge in [-0.2, -0.15) is 5.26 Å². The van der Waals surface area contributed by atoms with Crippen LogP contribution in [0.25, 0.3) is 0 Å². The number of carbonyl (C=O) groups excluding carboxylic acids is 3. The fourth-order valence-corrected chi connectivity index (χ4v) is 2.48. The molecule has 0 aliphatic rings. The van der Waals surface area contributed by atoms with E-state index in [-0.39, 0.29) is 5.78 Å². The minimum Gasteiger partial charge on any atom is -0.496 e. The molecule has 0 aliphatic carbocycles. The highest BCUT2D eigenvalue weighted by Gasteiger charge is 2.26. The molecule has 0 heterocycles. The Morgan fingerprint density at radius 1 is 0.939 bits per heavy atom. The molecule has 0 saturated carbocycles. The topological polar surface area (TPSA) is 103 Å². The largest absolute Gasteiger partial charge is 0.496 e.